The lowest BCUT2D eigenvalue weighted by atomic mass is 9.92. The van der Waals surface area contributed by atoms with Gasteiger partial charge in [0.1, 0.15) is 17.2 Å². The fourth-order valence-corrected chi connectivity index (χ4v) is 5.89. The number of hydrogen-bond acceptors (Lipinski definition) is 12. The van der Waals surface area contributed by atoms with Gasteiger partial charge in [0.05, 0.1) is 16.4 Å². The summed E-state index contributed by atoms with van der Waals surface area (Å²) in [6.07, 6.45) is -2.56. The van der Waals surface area contributed by atoms with Crippen LogP contribution in [0.25, 0.3) is 0 Å². The molecule has 212 valence electrons. The number of phenols is 8. The lowest BCUT2D eigenvalue weighted by Crippen LogP contribution is -2.37. The van der Waals surface area contributed by atoms with Crippen LogP contribution in [0.1, 0.15) is 38.4 Å². The number of benzene rings is 4. The Hall–Kier alpha value is -5.10. The van der Waals surface area contributed by atoms with Crippen LogP contribution >= 0.6 is 11.8 Å². The van der Waals surface area contributed by atoms with Crippen LogP contribution in [-0.2, 0) is 10.5 Å². The number of esters is 1. The van der Waals surface area contributed by atoms with Crippen LogP contribution in [0, 0.1) is 0 Å². The largest absolute Gasteiger partial charge is 0.508 e. The summed E-state index contributed by atoms with van der Waals surface area (Å²) in [6.45, 7) is 0. The van der Waals surface area contributed by atoms with Gasteiger partial charge >= 0.3 is 5.97 Å². The van der Waals surface area contributed by atoms with Gasteiger partial charge < -0.3 is 50.3 Å². The van der Waals surface area contributed by atoms with Crippen molar-refractivity contribution in [3.05, 3.63) is 89.0 Å². The molecule has 3 atom stereocenters. The Labute approximate surface area is 236 Å². The fourth-order valence-electron chi connectivity index (χ4n) is 4.53. The number of hydrogen-bond donors (Lipinski definition) is 8. The van der Waals surface area contributed by atoms with Gasteiger partial charge in [0.25, 0.3) is 0 Å². The molecule has 0 spiro atoms. The average molecular weight is 581 g/mol. The summed E-state index contributed by atoms with van der Waals surface area (Å²) in [5.41, 5.74) is 0.853. The minimum atomic E-state index is -1.29. The highest BCUT2D eigenvalue weighted by atomic mass is 32.2. The van der Waals surface area contributed by atoms with Gasteiger partial charge in [0, 0.05) is 23.4 Å². The summed E-state index contributed by atoms with van der Waals surface area (Å²) in [5, 5.41) is 80.0. The van der Waals surface area contributed by atoms with Gasteiger partial charge in [0.2, 0.25) is 0 Å². The maximum absolute atomic E-state index is 13.3. The maximum atomic E-state index is 13.3. The number of phenolic OH excluding ortho intramolecular Hbond substituents is 8. The highest BCUT2D eigenvalue weighted by Crippen LogP contribution is 2.55. The molecule has 0 aliphatic carbocycles. The highest BCUT2D eigenvalue weighted by molar-refractivity contribution is 7.98. The molecule has 11 nitrogen and oxygen atoms in total. The number of carbonyl (C=O) groups excluding carboxylic acids is 1. The molecular formula is C29H24O11S. The van der Waals surface area contributed by atoms with Crippen LogP contribution in [-0.4, -0.2) is 52.9 Å². The van der Waals surface area contributed by atoms with Gasteiger partial charge in [-0.05, 0) is 29.8 Å². The van der Waals surface area contributed by atoms with E-state index >= 15 is 0 Å². The van der Waals surface area contributed by atoms with E-state index < -0.39 is 57.9 Å². The predicted molar refractivity (Wildman–Crippen MR) is 146 cm³/mol. The molecule has 0 bridgehead atoms. The van der Waals surface area contributed by atoms with Crippen molar-refractivity contribution in [2.24, 2.45) is 0 Å². The normalized spacial score (nSPS) is 17.8. The van der Waals surface area contributed by atoms with Crippen molar-refractivity contribution >= 4 is 17.7 Å². The van der Waals surface area contributed by atoms with Gasteiger partial charge in [-0.15, -0.1) is 11.8 Å². The number of carbonyl (C=O) groups is 1. The maximum Gasteiger partial charge on any atom is 0.338 e. The predicted octanol–water partition coefficient (Wildman–Crippen LogP) is 4.67. The molecule has 41 heavy (non-hydrogen) atoms. The molecule has 12 heteroatoms. The SMILES string of the molecule is O=C(OC1C(c2cc(O)c(O)c(O)c2)Oc2cc(O)cc(O)c2C1SCc1ccccc1)c1cc(O)c(O)c(O)c1. The van der Waals surface area contributed by atoms with E-state index in [0.717, 1.165) is 35.9 Å². The van der Waals surface area contributed by atoms with Crippen LogP contribution in [0.4, 0.5) is 0 Å². The van der Waals surface area contributed by atoms with Gasteiger partial charge in [-0.3, -0.25) is 0 Å². The third kappa shape index (κ3) is 5.37. The lowest BCUT2D eigenvalue weighted by molar-refractivity contribution is -0.0203. The first-order chi connectivity index (χ1) is 19.5. The average Bonchev–Trinajstić information content (AvgIpc) is 2.93. The first-order valence-electron chi connectivity index (χ1n) is 12.1. The molecule has 1 aliphatic rings. The monoisotopic (exact) mass is 580 g/mol. The third-order valence-electron chi connectivity index (χ3n) is 6.48. The van der Waals surface area contributed by atoms with Gasteiger partial charge in [-0.1, -0.05) is 30.3 Å². The molecule has 4 aromatic carbocycles. The van der Waals surface area contributed by atoms with Crippen molar-refractivity contribution in [1.82, 2.24) is 0 Å². The van der Waals surface area contributed by atoms with E-state index in [4.69, 9.17) is 9.47 Å². The number of fused-ring (bicyclic) bond motifs is 1. The smallest absolute Gasteiger partial charge is 0.338 e. The van der Waals surface area contributed by atoms with Crippen molar-refractivity contribution in [3.8, 4) is 51.7 Å². The Morgan fingerprint density at radius 1 is 0.756 bits per heavy atom. The van der Waals surface area contributed by atoms with Crippen LogP contribution in [0.15, 0.2) is 66.7 Å². The topological polar surface area (TPSA) is 197 Å². The standard InChI is InChI=1S/C29H24O11S/c30-16-10-17(31)23-22(11-16)39-26(14-6-18(32)24(36)19(33)7-14)27(28(23)41-12-13-4-2-1-3-5-13)40-29(38)15-8-20(34)25(37)21(35)9-15/h1-11,26-28,30-37H,12H2. The Kier molecular flexibility index (Phi) is 7.24. The second-order valence-corrected chi connectivity index (χ2v) is 10.4. The minimum Gasteiger partial charge on any atom is -0.508 e. The van der Waals surface area contributed by atoms with Gasteiger partial charge in [-0.25, -0.2) is 4.79 Å². The molecule has 0 aromatic heterocycles. The molecule has 1 heterocycles. The van der Waals surface area contributed by atoms with Crippen molar-refractivity contribution < 1.29 is 55.1 Å². The Bertz CT molecular complexity index is 1580. The van der Waals surface area contributed by atoms with E-state index in [1.807, 2.05) is 30.3 Å². The second kappa shape index (κ2) is 10.8. The molecule has 3 unspecified atom stereocenters. The van der Waals surface area contributed by atoms with E-state index in [2.05, 4.69) is 0 Å². The number of thioether (sulfide) groups is 1. The van der Waals surface area contributed by atoms with E-state index in [9.17, 15) is 45.6 Å². The molecule has 0 saturated carbocycles. The van der Waals surface area contributed by atoms with Gasteiger partial charge in [0.15, 0.2) is 46.7 Å². The number of aromatic hydroxyl groups is 8. The second-order valence-electron chi connectivity index (χ2n) is 9.27. The van der Waals surface area contributed by atoms with E-state index in [-0.39, 0.29) is 33.9 Å². The van der Waals surface area contributed by atoms with Crippen molar-refractivity contribution in [1.29, 1.82) is 0 Å². The van der Waals surface area contributed by atoms with Crippen LogP contribution in [0.5, 0.6) is 51.7 Å². The third-order valence-corrected chi connectivity index (χ3v) is 7.84. The van der Waals surface area contributed by atoms with Gasteiger partial charge in [-0.2, -0.15) is 0 Å². The zero-order chi connectivity index (χ0) is 29.4. The Morgan fingerprint density at radius 2 is 1.34 bits per heavy atom. The summed E-state index contributed by atoms with van der Waals surface area (Å²) in [6, 6.07) is 15.6. The van der Waals surface area contributed by atoms with Crippen LogP contribution < -0.4 is 4.74 Å². The summed E-state index contributed by atoms with van der Waals surface area (Å²) >= 11 is 1.27. The van der Waals surface area contributed by atoms with Crippen molar-refractivity contribution in [2.75, 3.05) is 0 Å². The number of ether oxygens (including phenoxy) is 2. The minimum absolute atomic E-state index is 0.0392. The fraction of sp³-hybridized carbons (Fsp3) is 0.138. The zero-order valence-electron chi connectivity index (χ0n) is 21.0. The lowest BCUT2D eigenvalue weighted by Gasteiger charge is -2.39. The molecule has 0 saturated heterocycles. The molecule has 8 N–H and O–H groups in total. The van der Waals surface area contributed by atoms with Crippen molar-refractivity contribution in [3.63, 3.8) is 0 Å². The molecule has 1 aliphatic heterocycles. The molecule has 5 rings (SSSR count). The molecular weight excluding hydrogens is 556 g/mol. The van der Waals surface area contributed by atoms with E-state index in [1.54, 1.807) is 0 Å². The van der Waals surface area contributed by atoms with Crippen LogP contribution in [0.2, 0.25) is 0 Å². The number of rotatable bonds is 6. The van der Waals surface area contributed by atoms with E-state index in [0.29, 0.717) is 5.75 Å². The summed E-state index contributed by atoms with van der Waals surface area (Å²) in [7, 11) is 0. The molecule has 0 radical (unpaired) electrons. The molecule has 0 fully saturated rings. The summed E-state index contributed by atoms with van der Waals surface area (Å²) in [4.78, 5) is 13.3. The van der Waals surface area contributed by atoms with E-state index in [1.165, 1.54) is 17.8 Å². The Balaban J connectivity index is 1.63. The quantitative estimate of drug-likeness (QED) is 0.116. The van der Waals surface area contributed by atoms with Crippen molar-refractivity contribution in [2.45, 2.75) is 23.2 Å². The summed E-state index contributed by atoms with van der Waals surface area (Å²) < 4.78 is 11.9. The molecule has 4 aromatic rings. The first-order valence-corrected chi connectivity index (χ1v) is 13.2. The first kappa shape index (κ1) is 27.5. The summed E-state index contributed by atoms with van der Waals surface area (Å²) in [5.74, 6) is -5.80. The Morgan fingerprint density at radius 3 is 1.95 bits per heavy atom. The molecule has 0 amide bonds. The zero-order valence-corrected chi connectivity index (χ0v) is 21.8. The van der Waals surface area contributed by atoms with Crippen LogP contribution in [0.3, 0.4) is 0 Å². The highest BCUT2D eigenvalue weighted by Gasteiger charge is 2.45.